The van der Waals surface area contributed by atoms with E-state index in [1.807, 2.05) is 0 Å². The molecule has 1 nitrogen and oxygen atoms in total. The molecule has 1 unspecified atom stereocenters. The zero-order chi connectivity index (χ0) is 14.8. The second-order valence-electron chi connectivity index (χ2n) is 3.60. The van der Waals surface area contributed by atoms with Crippen molar-refractivity contribution in [3.63, 3.8) is 0 Å². The number of benzene rings is 1. The lowest BCUT2D eigenvalue weighted by Gasteiger charge is -2.25. The normalized spacial score (nSPS) is 14.3. The minimum absolute atomic E-state index is 0.0300. The van der Waals surface area contributed by atoms with Crippen LogP contribution in [0.15, 0.2) is 22.7 Å². The van der Waals surface area contributed by atoms with Gasteiger partial charge >= 0.3 is 12.1 Å². The zero-order valence-electron chi connectivity index (χ0n) is 9.57. The Morgan fingerprint density at radius 1 is 1.26 bits per heavy atom. The van der Waals surface area contributed by atoms with E-state index in [9.17, 15) is 22.0 Å². The molecule has 0 aliphatic carbocycles. The van der Waals surface area contributed by atoms with Crippen molar-refractivity contribution >= 4 is 27.5 Å². The molecule has 0 saturated carbocycles. The van der Waals surface area contributed by atoms with E-state index in [4.69, 9.17) is 16.3 Å². The molecule has 8 heteroatoms. The number of alkyl halides is 6. The fourth-order valence-corrected chi connectivity index (χ4v) is 2.34. The number of halogens is 7. The molecule has 1 aromatic rings. The minimum Gasteiger partial charge on any atom is -0.494 e. The highest BCUT2D eigenvalue weighted by Crippen LogP contribution is 2.49. The van der Waals surface area contributed by atoms with Crippen LogP contribution in [0.1, 0.15) is 17.9 Å². The fourth-order valence-electron chi connectivity index (χ4n) is 1.31. The third-order valence-corrected chi connectivity index (χ3v) is 3.45. The molecular weight excluding hydrogens is 358 g/mol. The van der Waals surface area contributed by atoms with Gasteiger partial charge in [-0.05, 0) is 24.6 Å². The van der Waals surface area contributed by atoms with Gasteiger partial charge in [0.25, 0.3) is 0 Å². The van der Waals surface area contributed by atoms with E-state index in [1.165, 1.54) is 12.1 Å². The van der Waals surface area contributed by atoms with Crippen LogP contribution in [-0.4, -0.2) is 18.7 Å². The summed E-state index contributed by atoms with van der Waals surface area (Å²) in [5, 5.41) is -2.52. The third kappa shape index (κ3) is 3.51. The van der Waals surface area contributed by atoms with E-state index >= 15 is 0 Å². The predicted octanol–water partition coefficient (Wildman–Crippen LogP) is 5.33. The van der Waals surface area contributed by atoms with Gasteiger partial charge in [-0.3, -0.25) is 0 Å². The summed E-state index contributed by atoms with van der Waals surface area (Å²) in [4.78, 5) is 0. The molecule has 0 saturated heterocycles. The summed E-state index contributed by atoms with van der Waals surface area (Å²) in [6.45, 7) is 2.05. The van der Waals surface area contributed by atoms with Gasteiger partial charge in [0.05, 0.1) is 6.61 Å². The van der Waals surface area contributed by atoms with Crippen LogP contribution in [0.25, 0.3) is 0 Å². The Morgan fingerprint density at radius 2 is 1.84 bits per heavy atom. The first kappa shape index (κ1) is 16.5. The van der Waals surface area contributed by atoms with Crippen LogP contribution in [0.5, 0.6) is 5.75 Å². The maximum atomic E-state index is 13.1. The van der Waals surface area contributed by atoms with Crippen molar-refractivity contribution in [2.45, 2.75) is 24.4 Å². The van der Waals surface area contributed by atoms with E-state index in [0.717, 1.165) is 6.07 Å². The lowest BCUT2D eigenvalue weighted by Crippen LogP contribution is -2.40. The topological polar surface area (TPSA) is 9.23 Å². The molecule has 0 spiro atoms. The minimum atomic E-state index is -5.71. The van der Waals surface area contributed by atoms with Gasteiger partial charge in [0.15, 0.2) is 0 Å². The van der Waals surface area contributed by atoms with Gasteiger partial charge in [-0.25, -0.2) is 0 Å². The molecule has 0 aliphatic heterocycles. The Hall–Kier alpha value is -0.560. The Labute approximate surface area is 119 Å². The van der Waals surface area contributed by atoms with Crippen molar-refractivity contribution in [1.82, 2.24) is 0 Å². The van der Waals surface area contributed by atoms with Gasteiger partial charge < -0.3 is 4.74 Å². The Morgan fingerprint density at radius 3 is 2.26 bits per heavy atom. The molecule has 1 rings (SSSR count). The van der Waals surface area contributed by atoms with Crippen LogP contribution >= 0.6 is 27.5 Å². The summed E-state index contributed by atoms with van der Waals surface area (Å²) >= 11 is 8.19. The van der Waals surface area contributed by atoms with Gasteiger partial charge in [0.2, 0.25) is 0 Å². The molecule has 0 radical (unpaired) electrons. The summed E-state index contributed by atoms with van der Waals surface area (Å²) < 4.78 is 68.1. The number of rotatable bonds is 4. The van der Waals surface area contributed by atoms with Crippen LogP contribution in [0.3, 0.4) is 0 Å². The van der Waals surface area contributed by atoms with E-state index in [1.54, 1.807) is 6.92 Å². The fraction of sp³-hybridized carbons (Fsp3) is 0.455. The summed E-state index contributed by atoms with van der Waals surface area (Å²) in [6, 6.07) is 3.65. The molecule has 1 aromatic carbocycles. The van der Waals surface area contributed by atoms with Crippen molar-refractivity contribution in [2.24, 2.45) is 0 Å². The molecular formula is C11H9BrClF5O. The van der Waals surface area contributed by atoms with Crippen LogP contribution in [0, 0.1) is 0 Å². The van der Waals surface area contributed by atoms with Crippen molar-refractivity contribution in [2.75, 3.05) is 6.61 Å². The summed E-state index contributed by atoms with van der Waals surface area (Å²) in [6.07, 6.45) is -5.71. The van der Waals surface area contributed by atoms with Crippen LogP contribution < -0.4 is 4.74 Å². The Balaban J connectivity index is 3.10. The zero-order valence-corrected chi connectivity index (χ0v) is 11.9. The van der Waals surface area contributed by atoms with Crippen molar-refractivity contribution in [3.8, 4) is 5.75 Å². The average molecular weight is 368 g/mol. The molecule has 1 atom stereocenters. The molecule has 108 valence electrons. The van der Waals surface area contributed by atoms with Crippen LogP contribution in [-0.2, 0) is 0 Å². The SMILES string of the molecule is CCOc1ccc(C(Cl)C(F)(F)C(F)(F)F)c(Br)c1. The molecule has 0 amide bonds. The van der Waals surface area contributed by atoms with Gasteiger partial charge in [0, 0.05) is 4.47 Å². The van der Waals surface area contributed by atoms with Crippen molar-refractivity contribution < 1.29 is 26.7 Å². The first-order valence-corrected chi connectivity index (χ1v) is 6.35. The van der Waals surface area contributed by atoms with E-state index in [-0.39, 0.29) is 10.0 Å². The maximum absolute atomic E-state index is 13.1. The molecule has 0 aliphatic rings. The first-order chi connectivity index (χ1) is 8.61. The first-order valence-electron chi connectivity index (χ1n) is 5.12. The van der Waals surface area contributed by atoms with Crippen molar-refractivity contribution in [3.05, 3.63) is 28.2 Å². The van der Waals surface area contributed by atoms with E-state index in [0.29, 0.717) is 12.4 Å². The highest BCUT2D eigenvalue weighted by Gasteiger charge is 2.62. The summed E-state index contributed by atoms with van der Waals surface area (Å²) in [7, 11) is 0. The molecule has 0 aromatic heterocycles. The average Bonchev–Trinajstić information content (AvgIpc) is 2.27. The maximum Gasteiger partial charge on any atom is 0.455 e. The highest BCUT2D eigenvalue weighted by molar-refractivity contribution is 9.10. The highest BCUT2D eigenvalue weighted by atomic mass is 79.9. The lowest BCUT2D eigenvalue weighted by molar-refractivity contribution is -0.283. The number of ether oxygens (including phenoxy) is 1. The molecule has 0 heterocycles. The van der Waals surface area contributed by atoms with Crippen LogP contribution in [0.2, 0.25) is 0 Å². The van der Waals surface area contributed by atoms with E-state index < -0.39 is 17.5 Å². The quantitative estimate of drug-likeness (QED) is 0.516. The summed E-state index contributed by atoms with van der Waals surface area (Å²) in [5.41, 5.74) is -0.354. The number of hydrogen-bond donors (Lipinski definition) is 0. The second kappa shape index (κ2) is 5.83. The monoisotopic (exact) mass is 366 g/mol. The molecule has 19 heavy (non-hydrogen) atoms. The van der Waals surface area contributed by atoms with Gasteiger partial charge in [-0.15, -0.1) is 11.6 Å². The Kier molecular flexibility index (Phi) is 5.06. The largest absolute Gasteiger partial charge is 0.494 e. The summed E-state index contributed by atoms with van der Waals surface area (Å²) in [5.74, 6) is -4.68. The van der Waals surface area contributed by atoms with Gasteiger partial charge in [0.1, 0.15) is 11.1 Å². The third-order valence-electron chi connectivity index (χ3n) is 2.25. The molecule has 0 bridgehead atoms. The van der Waals surface area contributed by atoms with Gasteiger partial charge in [-0.1, -0.05) is 22.0 Å². The van der Waals surface area contributed by atoms with E-state index in [2.05, 4.69) is 15.9 Å². The van der Waals surface area contributed by atoms with Crippen molar-refractivity contribution in [1.29, 1.82) is 0 Å². The number of hydrogen-bond acceptors (Lipinski definition) is 1. The second-order valence-corrected chi connectivity index (χ2v) is 4.89. The predicted molar refractivity (Wildman–Crippen MR) is 64.9 cm³/mol. The molecule has 0 N–H and O–H groups in total. The standard InChI is InChI=1S/C11H9BrClF5O/c1-2-19-6-3-4-7(8(12)5-6)9(13)10(14,15)11(16,17)18/h3-5,9H,2H2,1H3. The van der Waals surface area contributed by atoms with Gasteiger partial charge in [-0.2, -0.15) is 22.0 Å². The van der Waals surface area contributed by atoms with Crippen LogP contribution in [0.4, 0.5) is 22.0 Å². The Bertz CT molecular complexity index is 449. The smallest absolute Gasteiger partial charge is 0.455 e. The molecule has 0 fully saturated rings. The lowest BCUT2D eigenvalue weighted by atomic mass is 10.1.